The van der Waals surface area contributed by atoms with Gasteiger partial charge in [0.25, 0.3) is 5.91 Å². The number of carbonyl (C=O) groups is 1. The Kier molecular flexibility index (Phi) is 6.52. The topological polar surface area (TPSA) is 44.4 Å². The lowest BCUT2D eigenvalue weighted by Gasteiger charge is -2.34. The average Bonchev–Trinajstić information content (AvgIpc) is 2.65. The van der Waals surface area contributed by atoms with Crippen LogP contribution in [0.3, 0.4) is 0 Å². The van der Waals surface area contributed by atoms with Crippen LogP contribution in [0.2, 0.25) is 5.02 Å². The maximum Gasteiger partial charge on any atom is 0.254 e. The third-order valence-corrected chi connectivity index (χ3v) is 5.56. The van der Waals surface area contributed by atoms with E-state index in [2.05, 4.69) is 21.6 Å². The minimum Gasteiger partial charge on any atom is -0.349 e. The SMILES string of the molecule is Cc1cc(C)c(NC(=S)N2CCC(NC(=O)c3ccccc3F)CC2)c(Cl)c1. The molecule has 1 heterocycles. The van der Waals surface area contributed by atoms with E-state index >= 15 is 0 Å². The molecule has 0 radical (unpaired) electrons. The Labute approximate surface area is 175 Å². The molecule has 0 aliphatic carbocycles. The maximum atomic E-state index is 13.8. The first-order valence-electron chi connectivity index (χ1n) is 9.23. The third kappa shape index (κ3) is 4.80. The van der Waals surface area contributed by atoms with Crippen LogP contribution in [0.15, 0.2) is 36.4 Å². The molecule has 1 aliphatic rings. The Morgan fingerprint density at radius 2 is 1.89 bits per heavy atom. The largest absolute Gasteiger partial charge is 0.349 e. The monoisotopic (exact) mass is 419 g/mol. The number of benzene rings is 2. The van der Waals surface area contributed by atoms with Gasteiger partial charge >= 0.3 is 0 Å². The van der Waals surface area contributed by atoms with E-state index in [4.69, 9.17) is 23.8 Å². The van der Waals surface area contributed by atoms with Crippen molar-refractivity contribution in [3.63, 3.8) is 0 Å². The van der Waals surface area contributed by atoms with E-state index in [0.29, 0.717) is 23.2 Å². The zero-order chi connectivity index (χ0) is 20.3. The summed E-state index contributed by atoms with van der Waals surface area (Å²) in [5.41, 5.74) is 3.05. The van der Waals surface area contributed by atoms with Gasteiger partial charge in [0.2, 0.25) is 0 Å². The molecule has 2 aromatic carbocycles. The highest BCUT2D eigenvalue weighted by Gasteiger charge is 2.24. The number of likely N-dealkylation sites (tertiary alicyclic amines) is 1. The van der Waals surface area contributed by atoms with Gasteiger partial charge in [-0.25, -0.2) is 4.39 Å². The number of thiocarbonyl (C=S) groups is 1. The molecule has 2 N–H and O–H groups in total. The zero-order valence-electron chi connectivity index (χ0n) is 15.9. The number of nitrogens with zero attached hydrogens (tertiary/aromatic N) is 1. The van der Waals surface area contributed by atoms with Crippen LogP contribution in [0.1, 0.15) is 34.3 Å². The van der Waals surface area contributed by atoms with Crippen molar-refractivity contribution in [2.75, 3.05) is 18.4 Å². The second kappa shape index (κ2) is 8.88. The van der Waals surface area contributed by atoms with Crippen molar-refractivity contribution < 1.29 is 9.18 Å². The van der Waals surface area contributed by atoms with Gasteiger partial charge in [0, 0.05) is 19.1 Å². The summed E-state index contributed by atoms with van der Waals surface area (Å²) >= 11 is 11.9. The number of piperidine rings is 1. The summed E-state index contributed by atoms with van der Waals surface area (Å²) < 4.78 is 13.8. The van der Waals surface area contributed by atoms with Crippen LogP contribution < -0.4 is 10.6 Å². The Bertz CT molecular complexity index is 874. The number of anilines is 1. The van der Waals surface area contributed by atoms with Gasteiger partial charge in [-0.2, -0.15) is 0 Å². The molecule has 0 unspecified atom stereocenters. The van der Waals surface area contributed by atoms with E-state index in [-0.39, 0.29) is 17.5 Å². The van der Waals surface area contributed by atoms with Crippen LogP contribution in [-0.2, 0) is 0 Å². The quantitative estimate of drug-likeness (QED) is 0.708. The summed E-state index contributed by atoms with van der Waals surface area (Å²) in [6.45, 7) is 5.41. The molecule has 3 rings (SSSR count). The lowest BCUT2D eigenvalue weighted by atomic mass is 10.0. The first-order valence-corrected chi connectivity index (χ1v) is 10.0. The number of nitrogens with one attached hydrogen (secondary N) is 2. The normalized spacial score (nSPS) is 14.6. The molecule has 0 aromatic heterocycles. The second-order valence-corrected chi connectivity index (χ2v) is 7.88. The van der Waals surface area contributed by atoms with Crippen molar-refractivity contribution in [3.8, 4) is 0 Å². The lowest BCUT2D eigenvalue weighted by molar-refractivity contribution is 0.0918. The summed E-state index contributed by atoms with van der Waals surface area (Å²) in [6, 6.07) is 9.97. The van der Waals surface area contributed by atoms with E-state index < -0.39 is 5.82 Å². The van der Waals surface area contributed by atoms with Gasteiger partial charge in [0.15, 0.2) is 5.11 Å². The first kappa shape index (κ1) is 20.6. The number of hydrogen-bond acceptors (Lipinski definition) is 2. The number of halogens is 2. The minimum atomic E-state index is -0.506. The van der Waals surface area contributed by atoms with Crippen molar-refractivity contribution in [1.29, 1.82) is 0 Å². The number of amides is 1. The molecule has 1 aliphatic heterocycles. The van der Waals surface area contributed by atoms with Crippen LogP contribution in [-0.4, -0.2) is 35.1 Å². The summed E-state index contributed by atoms with van der Waals surface area (Å²) in [4.78, 5) is 14.3. The molecule has 1 saturated heterocycles. The summed E-state index contributed by atoms with van der Waals surface area (Å²) in [5.74, 6) is -0.882. The molecule has 2 aromatic rings. The summed E-state index contributed by atoms with van der Waals surface area (Å²) in [5, 5.41) is 7.44. The van der Waals surface area contributed by atoms with Crippen molar-refractivity contribution in [2.45, 2.75) is 32.7 Å². The molecular weight excluding hydrogens is 397 g/mol. The van der Waals surface area contributed by atoms with Gasteiger partial charge in [0.05, 0.1) is 16.3 Å². The van der Waals surface area contributed by atoms with Gasteiger partial charge in [-0.15, -0.1) is 0 Å². The van der Waals surface area contributed by atoms with E-state index in [1.807, 2.05) is 19.9 Å². The fourth-order valence-electron chi connectivity index (χ4n) is 3.40. The van der Waals surface area contributed by atoms with E-state index in [1.54, 1.807) is 12.1 Å². The Morgan fingerprint density at radius 1 is 1.21 bits per heavy atom. The van der Waals surface area contributed by atoms with E-state index in [1.165, 1.54) is 12.1 Å². The fourth-order valence-corrected chi connectivity index (χ4v) is 4.05. The van der Waals surface area contributed by atoms with Crippen LogP contribution >= 0.6 is 23.8 Å². The minimum absolute atomic E-state index is 0.00384. The maximum absolute atomic E-state index is 13.8. The van der Waals surface area contributed by atoms with Crippen LogP contribution in [0, 0.1) is 19.7 Å². The van der Waals surface area contributed by atoms with E-state index in [9.17, 15) is 9.18 Å². The molecule has 0 bridgehead atoms. The van der Waals surface area contributed by atoms with E-state index in [0.717, 1.165) is 29.7 Å². The summed E-state index contributed by atoms with van der Waals surface area (Å²) in [6.07, 6.45) is 1.48. The molecule has 1 fully saturated rings. The van der Waals surface area contributed by atoms with Gasteiger partial charge < -0.3 is 15.5 Å². The highest BCUT2D eigenvalue weighted by Crippen LogP contribution is 2.28. The molecule has 7 heteroatoms. The van der Waals surface area contributed by atoms with Gasteiger partial charge in [-0.05, 0) is 68.2 Å². The zero-order valence-corrected chi connectivity index (χ0v) is 17.5. The molecule has 0 atom stereocenters. The first-order chi connectivity index (χ1) is 13.3. The molecule has 0 spiro atoms. The molecule has 28 heavy (non-hydrogen) atoms. The van der Waals surface area contributed by atoms with Crippen molar-refractivity contribution in [3.05, 3.63) is 63.9 Å². The van der Waals surface area contributed by atoms with Crippen LogP contribution in [0.25, 0.3) is 0 Å². The van der Waals surface area contributed by atoms with Gasteiger partial charge in [-0.3, -0.25) is 4.79 Å². The smallest absolute Gasteiger partial charge is 0.254 e. The predicted octanol–water partition coefficient (Wildman–Crippen LogP) is 4.69. The lowest BCUT2D eigenvalue weighted by Crippen LogP contribution is -2.47. The number of rotatable bonds is 3. The average molecular weight is 420 g/mol. The predicted molar refractivity (Wildman–Crippen MR) is 116 cm³/mol. The standard InChI is InChI=1S/C21H23ClFN3OS/c1-13-11-14(2)19(17(22)12-13)25-21(28)26-9-7-15(8-10-26)24-20(27)16-5-3-4-6-18(16)23/h3-6,11-12,15H,7-10H2,1-2H3,(H,24,27)(H,25,28). The number of carbonyl (C=O) groups excluding carboxylic acids is 1. The molecule has 0 saturated carbocycles. The molecule has 4 nitrogen and oxygen atoms in total. The fraction of sp³-hybridized carbons (Fsp3) is 0.333. The van der Waals surface area contributed by atoms with Crippen molar-refractivity contribution >= 4 is 40.5 Å². The Balaban J connectivity index is 1.55. The van der Waals surface area contributed by atoms with Crippen LogP contribution in [0.4, 0.5) is 10.1 Å². The second-order valence-electron chi connectivity index (χ2n) is 7.08. The molecule has 148 valence electrons. The van der Waals surface area contributed by atoms with Crippen LogP contribution in [0.5, 0.6) is 0 Å². The summed E-state index contributed by atoms with van der Waals surface area (Å²) in [7, 11) is 0. The highest BCUT2D eigenvalue weighted by atomic mass is 35.5. The van der Waals surface area contributed by atoms with Gasteiger partial charge in [0.1, 0.15) is 5.82 Å². The number of hydrogen-bond donors (Lipinski definition) is 2. The van der Waals surface area contributed by atoms with Crippen molar-refractivity contribution in [2.24, 2.45) is 0 Å². The molecular formula is C21H23ClFN3OS. The van der Waals surface area contributed by atoms with Gasteiger partial charge in [-0.1, -0.05) is 29.8 Å². The number of aryl methyl sites for hydroxylation is 2. The Morgan fingerprint density at radius 3 is 2.54 bits per heavy atom. The molecule has 1 amide bonds. The highest BCUT2D eigenvalue weighted by molar-refractivity contribution is 7.80. The van der Waals surface area contributed by atoms with Crippen molar-refractivity contribution in [1.82, 2.24) is 10.2 Å². The Hall–Kier alpha value is -2.18. The third-order valence-electron chi connectivity index (χ3n) is 4.90.